The summed E-state index contributed by atoms with van der Waals surface area (Å²) in [7, 11) is 9.16. The maximum Gasteiger partial charge on any atom is 0.310 e. The minimum absolute atomic E-state index is 0.00926. The van der Waals surface area contributed by atoms with Crippen LogP contribution in [0.15, 0.2) is 72.8 Å². The Bertz CT molecular complexity index is 2950. The molecular weight excluding hydrogens is 973 g/mol. The van der Waals surface area contributed by atoms with Crippen molar-refractivity contribution in [1.29, 1.82) is 0 Å². The van der Waals surface area contributed by atoms with Crippen LogP contribution in [0.2, 0.25) is 0 Å². The second-order valence-corrected chi connectivity index (χ2v) is 20.0. The Hall–Kier alpha value is -7.52. The fraction of sp³-hybridized carbons (Fsp3) is 0.418. The highest BCUT2D eigenvalue weighted by Gasteiger charge is 2.54. The van der Waals surface area contributed by atoms with Gasteiger partial charge >= 0.3 is 11.9 Å². The molecular formula is C55H60N4O16. The number of hydrogen-bond acceptors (Lipinski definition) is 19. The lowest BCUT2D eigenvalue weighted by Crippen LogP contribution is -2.37. The van der Waals surface area contributed by atoms with E-state index in [-0.39, 0.29) is 103 Å². The van der Waals surface area contributed by atoms with Crippen LogP contribution in [0.3, 0.4) is 0 Å². The van der Waals surface area contributed by atoms with E-state index in [9.17, 15) is 40.1 Å². The lowest BCUT2D eigenvalue weighted by Gasteiger charge is -2.40. The van der Waals surface area contributed by atoms with Crippen molar-refractivity contribution in [2.45, 2.75) is 43.4 Å². The molecule has 5 N–H and O–H groups in total. The molecule has 20 heteroatoms. The number of aliphatic hydroxyl groups excluding tert-OH is 2. The van der Waals surface area contributed by atoms with E-state index in [1.54, 1.807) is 36.4 Å². The molecule has 396 valence electrons. The van der Waals surface area contributed by atoms with Gasteiger partial charge in [-0.25, -0.2) is 0 Å². The van der Waals surface area contributed by atoms with Gasteiger partial charge in [0.2, 0.25) is 13.6 Å². The molecule has 5 aromatic carbocycles. The second-order valence-electron chi connectivity index (χ2n) is 20.0. The molecule has 2 saturated heterocycles. The van der Waals surface area contributed by atoms with E-state index in [0.29, 0.717) is 46.4 Å². The van der Waals surface area contributed by atoms with Gasteiger partial charge < -0.3 is 73.4 Å². The quantitative estimate of drug-likeness (QED) is 0.0449. The Labute approximate surface area is 432 Å². The van der Waals surface area contributed by atoms with Gasteiger partial charge in [-0.3, -0.25) is 19.7 Å². The smallest absolute Gasteiger partial charge is 0.310 e. The number of esters is 2. The third-order valence-electron chi connectivity index (χ3n) is 15.5. The first-order chi connectivity index (χ1) is 36.2. The van der Waals surface area contributed by atoms with Crippen LogP contribution in [-0.2, 0) is 32.3 Å². The first kappa shape index (κ1) is 51.0. The minimum atomic E-state index is -0.598. The molecule has 8 atom stereocenters. The van der Waals surface area contributed by atoms with Crippen LogP contribution < -0.4 is 33.7 Å². The third kappa shape index (κ3) is 9.51. The first-order valence-corrected chi connectivity index (χ1v) is 24.8. The number of hydrogen-bond donors (Lipinski definition) is 5. The van der Waals surface area contributed by atoms with Crippen molar-refractivity contribution in [2.24, 2.45) is 23.7 Å². The molecule has 0 amide bonds. The summed E-state index contributed by atoms with van der Waals surface area (Å²) in [6, 6.07) is 20.4. The molecule has 6 aliphatic rings. The van der Waals surface area contributed by atoms with E-state index in [0.717, 1.165) is 53.9 Å². The van der Waals surface area contributed by atoms with Gasteiger partial charge in [0.25, 0.3) is 5.69 Å². The zero-order valence-corrected chi connectivity index (χ0v) is 42.1. The van der Waals surface area contributed by atoms with Crippen molar-refractivity contribution in [2.75, 3.05) is 87.1 Å². The van der Waals surface area contributed by atoms with Crippen molar-refractivity contribution in [3.05, 3.63) is 127 Å². The number of cyclic esters (lactones) is 2. The zero-order valence-electron chi connectivity index (χ0n) is 42.1. The van der Waals surface area contributed by atoms with Crippen LogP contribution in [0.4, 0.5) is 11.4 Å². The first-order valence-electron chi connectivity index (χ1n) is 24.8. The molecule has 4 heterocycles. The lowest BCUT2D eigenvalue weighted by molar-refractivity contribution is -0.384. The molecule has 20 nitrogen and oxygen atoms in total. The number of aliphatic hydroxyl groups is 2. The number of carbonyl (C=O) groups is 2. The molecule has 5 aromatic rings. The Morgan fingerprint density at radius 2 is 1.12 bits per heavy atom. The van der Waals surface area contributed by atoms with Crippen LogP contribution in [-0.4, -0.2) is 129 Å². The summed E-state index contributed by atoms with van der Waals surface area (Å²) in [6.07, 6.45) is 0.877. The SMILES string of the molecule is COc1cc(C2c3cc4c(cc3[C@@H](CCN(C)CCN(C)C)[C@H]3COC(=O)[C@H]23)OCO4)cc(CO)c1O.COc1cc(C2c3cc4c(cc3[C@@H](Nc3ccc([N+](=O)[O-])cc3)[C@H]3COC(=O)[C@H]23)OCO4)cc(CO)c1O. The molecule has 0 bridgehead atoms. The van der Waals surface area contributed by atoms with Gasteiger partial charge in [0, 0.05) is 65.7 Å². The number of benzene rings is 5. The summed E-state index contributed by atoms with van der Waals surface area (Å²) < 4.78 is 44.8. The Morgan fingerprint density at radius 3 is 1.61 bits per heavy atom. The maximum absolute atomic E-state index is 13.2. The number of carbonyl (C=O) groups excluding carboxylic acids is 2. The molecule has 11 rings (SSSR count). The number of nitro benzene ring substituents is 1. The number of fused-ring (bicyclic) bond motifs is 6. The molecule has 2 aliphatic carbocycles. The predicted octanol–water partition coefficient (Wildman–Crippen LogP) is 6.14. The molecule has 0 radical (unpaired) electrons. The average Bonchev–Trinajstić information content (AvgIpc) is 4.24. The van der Waals surface area contributed by atoms with Crippen LogP contribution in [0.25, 0.3) is 0 Å². The van der Waals surface area contributed by atoms with Gasteiger partial charge in [-0.2, -0.15) is 0 Å². The van der Waals surface area contributed by atoms with Crippen molar-refractivity contribution < 1.29 is 72.8 Å². The summed E-state index contributed by atoms with van der Waals surface area (Å²) in [5.41, 5.74) is 6.48. The van der Waals surface area contributed by atoms with Crippen molar-refractivity contribution >= 4 is 23.3 Å². The van der Waals surface area contributed by atoms with Gasteiger partial charge in [-0.05, 0) is 134 Å². The number of ether oxygens (including phenoxy) is 8. The minimum Gasteiger partial charge on any atom is -0.504 e. The Morgan fingerprint density at radius 1 is 0.640 bits per heavy atom. The summed E-state index contributed by atoms with van der Waals surface area (Å²) >= 11 is 0. The summed E-state index contributed by atoms with van der Waals surface area (Å²) in [4.78, 5) is 41.6. The van der Waals surface area contributed by atoms with Crippen molar-refractivity contribution in [1.82, 2.24) is 9.80 Å². The highest BCUT2D eigenvalue weighted by atomic mass is 16.7. The number of methoxy groups -OCH3 is 2. The molecule has 0 aromatic heterocycles. The summed E-state index contributed by atoms with van der Waals surface area (Å²) in [5, 5.41) is 55.3. The third-order valence-corrected chi connectivity index (χ3v) is 15.5. The zero-order chi connectivity index (χ0) is 52.8. The number of non-ortho nitro benzene ring substituents is 1. The summed E-state index contributed by atoms with van der Waals surface area (Å²) in [6.45, 7) is 2.81. The number of nitrogens with one attached hydrogen (secondary N) is 1. The van der Waals surface area contributed by atoms with Gasteiger partial charge in [-0.1, -0.05) is 0 Å². The van der Waals surface area contributed by atoms with Crippen molar-refractivity contribution in [3.8, 4) is 46.0 Å². The average molecular weight is 1030 g/mol. The number of nitro groups is 1. The number of nitrogens with zero attached hydrogens (tertiary/aromatic N) is 3. The van der Waals surface area contributed by atoms with E-state index >= 15 is 0 Å². The molecule has 2 fully saturated rings. The highest BCUT2D eigenvalue weighted by Crippen LogP contribution is 2.58. The maximum atomic E-state index is 13.2. The van der Waals surface area contributed by atoms with Crippen LogP contribution in [0.1, 0.15) is 74.7 Å². The Kier molecular flexibility index (Phi) is 14.3. The lowest BCUT2D eigenvalue weighted by atomic mass is 9.62. The van der Waals surface area contributed by atoms with E-state index < -0.39 is 29.3 Å². The molecule has 4 aliphatic heterocycles. The normalized spacial score (nSPS) is 23.3. The van der Waals surface area contributed by atoms with E-state index in [2.05, 4.69) is 42.3 Å². The number of anilines is 1. The summed E-state index contributed by atoms with van der Waals surface area (Å²) in [5.74, 6) is 0.0530. The monoisotopic (exact) mass is 1030 g/mol. The van der Waals surface area contributed by atoms with Gasteiger partial charge in [-0.15, -0.1) is 0 Å². The molecule has 0 spiro atoms. The topological polar surface area (TPSA) is 251 Å². The molecule has 2 unspecified atom stereocenters. The van der Waals surface area contributed by atoms with E-state index in [4.69, 9.17) is 37.9 Å². The number of aromatic hydroxyl groups is 2. The van der Waals surface area contributed by atoms with Crippen LogP contribution >= 0.6 is 0 Å². The highest BCUT2D eigenvalue weighted by molar-refractivity contribution is 5.80. The number of phenols is 2. The van der Waals surface area contributed by atoms with E-state index in [1.807, 2.05) is 18.2 Å². The fourth-order valence-electron chi connectivity index (χ4n) is 11.8. The predicted molar refractivity (Wildman–Crippen MR) is 269 cm³/mol. The molecule has 0 saturated carbocycles. The molecule has 75 heavy (non-hydrogen) atoms. The van der Waals surface area contributed by atoms with Crippen LogP contribution in [0, 0.1) is 33.8 Å². The van der Waals surface area contributed by atoms with Gasteiger partial charge in [0.15, 0.2) is 46.0 Å². The fourth-order valence-corrected chi connectivity index (χ4v) is 11.8. The van der Waals surface area contributed by atoms with Gasteiger partial charge in [0.05, 0.1) is 63.4 Å². The van der Waals surface area contributed by atoms with Gasteiger partial charge in [0.1, 0.15) is 0 Å². The van der Waals surface area contributed by atoms with E-state index in [1.165, 1.54) is 26.4 Å². The van der Waals surface area contributed by atoms with Crippen LogP contribution in [0.5, 0.6) is 46.0 Å². The van der Waals surface area contributed by atoms with Crippen molar-refractivity contribution in [3.63, 3.8) is 0 Å². The number of likely N-dealkylation sites (N-methyl/N-ethyl adjacent to an activating group) is 2. The standard InChI is InChI=1S/C28H36N2O7.C27H24N2O9/c1-29(2)7-8-30(3)6-5-18-19-11-22-23(37-15-36-22)12-20(19)25(26-21(18)14-35-28(26)33)16-9-17(13-31)27(32)24(10-16)34-4;1-35-22-7-13(6-14(10-30)26(22)31)23-17-8-20-21(38-12-37-20)9-18(17)25(19-11-36-27(32)24(19)23)28-15-2-4-16(5-3-15)29(33)34/h9-12,18,21,25-26,31-32H,5-8,13-15H2,1-4H3;2-9,19,23-25,28,30-31H,10-12H2,1H3/t18-,21-,25?,26+;19-,23?,24-,25+/m10/s1. The second kappa shape index (κ2) is 21.0. The largest absolute Gasteiger partial charge is 0.504 e. The number of rotatable bonds is 15. The Balaban J connectivity index is 0.000000171.